The molecule has 0 saturated carbocycles. The van der Waals surface area contributed by atoms with E-state index in [4.69, 9.17) is 9.47 Å². The van der Waals surface area contributed by atoms with Crippen LogP contribution in [0.1, 0.15) is 70.6 Å². The highest BCUT2D eigenvalue weighted by Gasteiger charge is 2.31. The predicted octanol–water partition coefficient (Wildman–Crippen LogP) is 8.82. The third-order valence-electron chi connectivity index (χ3n) is 8.45. The van der Waals surface area contributed by atoms with Crippen LogP contribution in [0.5, 0.6) is 11.5 Å². The molecule has 6 rings (SSSR count). The minimum atomic E-state index is -0.199. The van der Waals surface area contributed by atoms with Crippen molar-refractivity contribution in [3.05, 3.63) is 155 Å². The molecule has 196 valence electrons. The van der Waals surface area contributed by atoms with Gasteiger partial charge in [-0.3, -0.25) is 0 Å². The first kappa shape index (κ1) is 25.2. The zero-order chi connectivity index (χ0) is 27.0. The molecule has 4 aromatic carbocycles. The van der Waals surface area contributed by atoms with Crippen molar-refractivity contribution < 1.29 is 9.47 Å². The summed E-state index contributed by atoms with van der Waals surface area (Å²) in [5, 5.41) is 0. The average Bonchev–Trinajstić information content (AvgIpc) is 2.92. The Labute approximate surface area is 232 Å². The molecule has 0 heterocycles. The number of benzene rings is 4. The summed E-state index contributed by atoms with van der Waals surface area (Å²) in [5.41, 5.74) is 10.0. The van der Waals surface area contributed by atoms with E-state index in [1.807, 2.05) is 12.2 Å². The van der Waals surface area contributed by atoms with Crippen LogP contribution in [0.2, 0.25) is 0 Å². The van der Waals surface area contributed by atoms with Crippen molar-refractivity contribution in [1.82, 2.24) is 0 Å². The van der Waals surface area contributed by atoms with E-state index in [1.54, 1.807) is 0 Å². The molecule has 2 aliphatic carbocycles. The lowest BCUT2D eigenvalue weighted by Gasteiger charge is -2.33. The van der Waals surface area contributed by atoms with Crippen molar-refractivity contribution in [3.8, 4) is 11.5 Å². The molecule has 0 spiro atoms. The second-order valence-corrected chi connectivity index (χ2v) is 11.3. The number of allylic oxidation sites excluding steroid dienone is 2. The van der Waals surface area contributed by atoms with E-state index in [1.165, 1.54) is 44.5 Å². The highest BCUT2D eigenvalue weighted by atomic mass is 16.5. The first-order valence-electron chi connectivity index (χ1n) is 14.0. The SMILES string of the molecule is C=CCc1cc(C(C)(C)c2ccc(OC3Cc4ccccc43)c(CC=C)c2)ccc1OC1Cc2ccccc21. The standard InChI is InChI=1S/C37H36O2/c1-5-11-27-21-29(17-19-33(27)38-35-23-25-13-7-9-15-31(25)35)37(3,4)30-18-20-34(28(22-30)12-6-2)39-36-24-26-14-8-10-16-32(26)36/h5-10,13-22,35-36H,1-2,11-12,23-24H2,3-4H3. The quantitative estimate of drug-likeness (QED) is 0.198. The summed E-state index contributed by atoms with van der Waals surface area (Å²) >= 11 is 0. The topological polar surface area (TPSA) is 18.5 Å². The maximum atomic E-state index is 6.50. The lowest BCUT2D eigenvalue weighted by molar-refractivity contribution is 0.180. The molecule has 4 aromatic rings. The highest BCUT2D eigenvalue weighted by Crippen LogP contribution is 2.42. The van der Waals surface area contributed by atoms with Gasteiger partial charge in [-0.15, -0.1) is 13.2 Å². The monoisotopic (exact) mass is 512 g/mol. The van der Waals surface area contributed by atoms with E-state index >= 15 is 0 Å². The van der Waals surface area contributed by atoms with E-state index in [0.29, 0.717) is 0 Å². The Bertz CT molecular complexity index is 1430. The summed E-state index contributed by atoms with van der Waals surface area (Å²) < 4.78 is 13.0. The van der Waals surface area contributed by atoms with Gasteiger partial charge in [-0.05, 0) is 69.5 Å². The summed E-state index contributed by atoms with van der Waals surface area (Å²) in [6.07, 6.45) is 7.63. The molecule has 0 radical (unpaired) electrons. The van der Waals surface area contributed by atoms with Crippen molar-refractivity contribution in [1.29, 1.82) is 0 Å². The van der Waals surface area contributed by atoms with Crippen molar-refractivity contribution in [2.24, 2.45) is 0 Å². The van der Waals surface area contributed by atoms with Crippen LogP contribution in [0, 0.1) is 0 Å². The van der Waals surface area contributed by atoms with Gasteiger partial charge in [0.2, 0.25) is 0 Å². The summed E-state index contributed by atoms with van der Waals surface area (Å²) in [5.74, 6) is 1.90. The van der Waals surface area contributed by atoms with Crippen LogP contribution in [0.4, 0.5) is 0 Å². The Morgan fingerprint density at radius 1 is 0.667 bits per heavy atom. The van der Waals surface area contributed by atoms with Crippen molar-refractivity contribution in [2.75, 3.05) is 0 Å². The zero-order valence-electron chi connectivity index (χ0n) is 23.0. The molecule has 0 aliphatic heterocycles. The molecule has 0 bridgehead atoms. The van der Waals surface area contributed by atoms with Gasteiger partial charge in [-0.2, -0.15) is 0 Å². The molecule has 39 heavy (non-hydrogen) atoms. The predicted molar refractivity (Wildman–Crippen MR) is 160 cm³/mol. The lowest BCUT2D eigenvalue weighted by atomic mass is 9.76. The maximum absolute atomic E-state index is 6.50. The lowest BCUT2D eigenvalue weighted by Crippen LogP contribution is -2.24. The smallest absolute Gasteiger partial charge is 0.128 e. The average molecular weight is 513 g/mol. The summed E-state index contributed by atoms with van der Waals surface area (Å²) in [4.78, 5) is 0. The largest absolute Gasteiger partial charge is 0.485 e. The third kappa shape index (κ3) is 4.69. The minimum absolute atomic E-state index is 0.125. The molecule has 2 aliphatic rings. The zero-order valence-corrected chi connectivity index (χ0v) is 23.0. The van der Waals surface area contributed by atoms with E-state index < -0.39 is 0 Å². The molecular formula is C37H36O2. The molecule has 0 fully saturated rings. The Morgan fingerprint density at radius 2 is 1.10 bits per heavy atom. The number of ether oxygens (including phenoxy) is 2. The first-order chi connectivity index (χ1) is 19.0. The molecular weight excluding hydrogens is 476 g/mol. The molecule has 2 unspecified atom stereocenters. The molecule has 0 amide bonds. The Morgan fingerprint density at radius 3 is 1.51 bits per heavy atom. The Balaban J connectivity index is 1.26. The molecule has 2 atom stereocenters. The van der Waals surface area contributed by atoms with Gasteiger partial charge in [0.1, 0.15) is 23.7 Å². The van der Waals surface area contributed by atoms with Crippen LogP contribution in [0.25, 0.3) is 0 Å². The van der Waals surface area contributed by atoms with E-state index in [2.05, 4.69) is 112 Å². The van der Waals surface area contributed by atoms with Gasteiger partial charge in [-0.1, -0.05) is 98.8 Å². The van der Waals surface area contributed by atoms with Crippen LogP contribution in [0.3, 0.4) is 0 Å². The fourth-order valence-electron chi connectivity index (χ4n) is 5.91. The van der Waals surface area contributed by atoms with E-state index in [-0.39, 0.29) is 17.6 Å². The van der Waals surface area contributed by atoms with Crippen LogP contribution in [0.15, 0.2) is 110 Å². The summed E-state index contributed by atoms with van der Waals surface area (Å²) in [7, 11) is 0. The van der Waals surface area contributed by atoms with Gasteiger partial charge in [0.25, 0.3) is 0 Å². The van der Waals surface area contributed by atoms with Crippen molar-refractivity contribution in [3.63, 3.8) is 0 Å². The van der Waals surface area contributed by atoms with Crippen LogP contribution in [-0.4, -0.2) is 0 Å². The van der Waals surface area contributed by atoms with Gasteiger partial charge in [0.15, 0.2) is 0 Å². The number of hydrogen-bond acceptors (Lipinski definition) is 2. The minimum Gasteiger partial charge on any atom is -0.485 e. The van der Waals surface area contributed by atoms with E-state index in [0.717, 1.165) is 37.2 Å². The third-order valence-corrected chi connectivity index (χ3v) is 8.45. The Hall–Kier alpha value is -4.04. The van der Waals surface area contributed by atoms with Crippen LogP contribution in [-0.2, 0) is 31.1 Å². The van der Waals surface area contributed by atoms with Crippen molar-refractivity contribution >= 4 is 0 Å². The number of hydrogen-bond donors (Lipinski definition) is 0. The fourth-order valence-corrected chi connectivity index (χ4v) is 5.91. The second kappa shape index (κ2) is 10.3. The second-order valence-electron chi connectivity index (χ2n) is 11.3. The first-order valence-corrected chi connectivity index (χ1v) is 14.0. The molecule has 0 aromatic heterocycles. The summed E-state index contributed by atoms with van der Waals surface area (Å²) in [6.45, 7) is 12.6. The van der Waals surface area contributed by atoms with Crippen LogP contribution < -0.4 is 9.47 Å². The van der Waals surface area contributed by atoms with Gasteiger partial charge in [0, 0.05) is 18.3 Å². The Kier molecular flexibility index (Phi) is 6.64. The summed E-state index contributed by atoms with van der Waals surface area (Å²) in [6, 6.07) is 30.4. The maximum Gasteiger partial charge on any atom is 0.128 e. The van der Waals surface area contributed by atoms with Crippen LogP contribution >= 0.6 is 0 Å². The van der Waals surface area contributed by atoms with Crippen molar-refractivity contribution in [2.45, 2.75) is 57.2 Å². The highest BCUT2D eigenvalue weighted by molar-refractivity contribution is 5.50. The normalized spacial score (nSPS) is 17.2. The van der Waals surface area contributed by atoms with E-state index in [9.17, 15) is 0 Å². The molecule has 2 nitrogen and oxygen atoms in total. The molecule has 0 N–H and O–H groups in total. The van der Waals surface area contributed by atoms with Gasteiger partial charge >= 0.3 is 0 Å². The number of rotatable bonds is 10. The molecule has 0 saturated heterocycles. The van der Waals surface area contributed by atoms with Gasteiger partial charge in [-0.25, -0.2) is 0 Å². The molecule has 2 heteroatoms. The number of fused-ring (bicyclic) bond motifs is 2. The van der Waals surface area contributed by atoms with Gasteiger partial charge in [0.05, 0.1) is 0 Å². The van der Waals surface area contributed by atoms with Gasteiger partial charge < -0.3 is 9.47 Å². The fraction of sp³-hybridized carbons (Fsp3) is 0.243.